The number of nitrogens with zero attached hydrogens (tertiary/aromatic N) is 3. The number of hydrogen-bond donors (Lipinski definition) is 3. The highest BCUT2D eigenvalue weighted by atomic mass is 16.5. The number of aryl methyl sites for hydroxylation is 1. The first-order chi connectivity index (χ1) is 19.9. The highest BCUT2D eigenvalue weighted by Gasteiger charge is 2.40. The van der Waals surface area contributed by atoms with Crippen molar-refractivity contribution in [2.24, 2.45) is 13.0 Å². The molecule has 0 radical (unpaired) electrons. The molecule has 2 amide bonds. The first kappa shape index (κ1) is 28.2. The second-order valence-electron chi connectivity index (χ2n) is 12.3. The lowest BCUT2D eigenvalue weighted by Crippen LogP contribution is -2.50. The van der Waals surface area contributed by atoms with E-state index in [2.05, 4.69) is 20.6 Å². The van der Waals surface area contributed by atoms with Crippen LogP contribution in [-0.4, -0.2) is 88.2 Å². The SMILES string of the molecule is Cn1cc(-c2ccc3c(c2)OCC[C@@H]2CC[C@H](O)[C@@H](CNC(=O)[C@@H]4C[C@@H](CN4CC4CCCCC4)NC3=O)O2)cn1. The summed E-state index contributed by atoms with van der Waals surface area (Å²) in [6.07, 6.45) is 11.2. The van der Waals surface area contributed by atoms with Gasteiger partial charge in [0.15, 0.2) is 0 Å². The molecule has 1 aromatic heterocycles. The van der Waals surface area contributed by atoms with Gasteiger partial charge in [0.1, 0.15) is 11.9 Å². The molecular formula is C31H43N5O5. The van der Waals surface area contributed by atoms with Crippen LogP contribution in [-0.2, 0) is 16.6 Å². The second-order valence-corrected chi connectivity index (χ2v) is 12.3. The van der Waals surface area contributed by atoms with Gasteiger partial charge in [0.05, 0.1) is 36.6 Å². The third-order valence-corrected chi connectivity index (χ3v) is 9.28. The molecule has 1 aromatic carbocycles. The van der Waals surface area contributed by atoms with Crippen molar-refractivity contribution in [2.45, 2.75) is 88.2 Å². The third-order valence-electron chi connectivity index (χ3n) is 9.28. The molecule has 0 spiro atoms. The van der Waals surface area contributed by atoms with Gasteiger partial charge < -0.3 is 25.2 Å². The van der Waals surface area contributed by atoms with E-state index in [1.807, 2.05) is 31.4 Å². The Bertz CT molecular complexity index is 1230. The number of benzene rings is 1. The van der Waals surface area contributed by atoms with Crippen molar-refractivity contribution in [3.8, 4) is 16.9 Å². The molecule has 2 aromatic rings. The molecule has 0 unspecified atom stereocenters. The average molecular weight is 566 g/mol. The lowest BCUT2D eigenvalue weighted by atomic mass is 9.89. The van der Waals surface area contributed by atoms with Crippen LogP contribution < -0.4 is 15.4 Å². The Morgan fingerprint density at radius 1 is 1.07 bits per heavy atom. The number of aliphatic hydroxyl groups is 1. The molecule has 41 heavy (non-hydrogen) atoms. The summed E-state index contributed by atoms with van der Waals surface area (Å²) in [4.78, 5) is 29.4. The van der Waals surface area contributed by atoms with Gasteiger partial charge in [-0.15, -0.1) is 0 Å². The third kappa shape index (κ3) is 6.60. The summed E-state index contributed by atoms with van der Waals surface area (Å²) in [5.41, 5.74) is 2.35. The lowest BCUT2D eigenvalue weighted by molar-refractivity contribution is -0.133. The minimum atomic E-state index is -0.608. The van der Waals surface area contributed by atoms with Crippen LogP contribution in [0.15, 0.2) is 30.6 Å². The van der Waals surface area contributed by atoms with Crippen molar-refractivity contribution < 1.29 is 24.2 Å². The van der Waals surface area contributed by atoms with Crippen LogP contribution >= 0.6 is 0 Å². The van der Waals surface area contributed by atoms with Crippen molar-refractivity contribution in [1.29, 1.82) is 0 Å². The Labute approximate surface area is 241 Å². The van der Waals surface area contributed by atoms with Crippen molar-refractivity contribution in [3.63, 3.8) is 0 Å². The number of likely N-dealkylation sites (tertiary alicyclic amines) is 1. The number of aliphatic hydroxyl groups excluding tert-OH is 1. The second kappa shape index (κ2) is 12.5. The average Bonchev–Trinajstić information content (AvgIpc) is 3.58. The van der Waals surface area contributed by atoms with E-state index in [0.29, 0.717) is 49.6 Å². The summed E-state index contributed by atoms with van der Waals surface area (Å²) in [5, 5.41) is 21.2. The van der Waals surface area contributed by atoms with Crippen LogP contribution in [0.4, 0.5) is 0 Å². The number of hydrogen-bond acceptors (Lipinski definition) is 7. The smallest absolute Gasteiger partial charge is 0.255 e. The maximum absolute atomic E-state index is 13.6. The number of carbonyl (C=O) groups is 2. The Balaban J connectivity index is 1.27. The maximum atomic E-state index is 13.6. The zero-order valence-electron chi connectivity index (χ0n) is 24.0. The molecule has 4 bridgehead atoms. The Hall–Kier alpha value is -2.95. The molecule has 3 fully saturated rings. The molecule has 4 heterocycles. The van der Waals surface area contributed by atoms with Crippen molar-refractivity contribution in [1.82, 2.24) is 25.3 Å². The molecular weight excluding hydrogens is 522 g/mol. The molecule has 2 saturated heterocycles. The summed E-state index contributed by atoms with van der Waals surface area (Å²) < 4.78 is 14.2. The van der Waals surface area contributed by atoms with Gasteiger partial charge in [-0.3, -0.25) is 19.2 Å². The Morgan fingerprint density at radius 2 is 1.93 bits per heavy atom. The highest BCUT2D eigenvalue weighted by Crippen LogP contribution is 2.31. The molecule has 3 aliphatic heterocycles. The van der Waals surface area contributed by atoms with Crippen LogP contribution in [0.2, 0.25) is 0 Å². The molecule has 222 valence electrons. The van der Waals surface area contributed by atoms with E-state index in [-0.39, 0.29) is 36.5 Å². The van der Waals surface area contributed by atoms with Gasteiger partial charge in [0.25, 0.3) is 5.91 Å². The fourth-order valence-electron chi connectivity index (χ4n) is 6.99. The maximum Gasteiger partial charge on any atom is 0.255 e. The van der Waals surface area contributed by atoms with Crippen LogP contribution in [0.5, 0.6) is 5.75 Å². The number of nitrogens with one attached hydrogen (secondary N) is 2. The van der Waals surface area contributed by atoms with Gasteiger partial charge in [0, 0.05) is 50.9 Å². The van der Waals surface area contributed by atoms with Crippen LogP contribution in [0.3, 0.4) is 0 Å². The summed E-state index contributed by atoms with van der Waals surface area (Å²) in [5.74, 6) is 0.861. The monoisotopic (exact) mass is 565 g/mol. The molecule has 6 rings (SSSR count). The standard InChI is InChI=1S/C31H43N5O5/c1-35-18-22(15-33-35)21-7-9-25-28(13-21)40-12-11-24-8-10-27(37)29(41-24)16-32-31(39)26-14-23(34-30(25)38)19-36(26)17-20-5-3-2-4-6-20/h7,9,13,15,18,20,23-24,26-27,29,37H,2-6,8,10-12,14,16-17,19H2,1H3,(H,32,39)(H,34,38)/t23-,24-,26-,27-,29+/m0/s1. The molecule has 1 aliphatic carbocycles. The molecule has 3 N–H and O–H groups in total. The first-order valence-electron chi connectivity index (χ1n) is 15.3. The van der Waals surface area contributed by atoms with Crippen LogP contribution in [0.1, 0.15) is 68.1 Å². The topological polar surface area (TPSA) is 118 Å². The van der Waals surface area contributed by atoms with Gasteiger partial charge in [-0.2, -0.15) is 5.10 Å². The van der Waals surface area contributed by atoms with Gasteiger partial charge >= 0.3 is 0 Å². The van der Waals surface area contributed by atoms with Crippen LogP contribution in [0.25, 0.3) is 11.1 Å². The first-order valence-corrected chi connectivity index (χ1v) is 15.3. The fourth-order valence-corrected chi connectivity index (χ4v) is 6.99. The van der Waals surface area contributed by atoms with E-state index < -0.39 is 12.2 Å². The predicted molar refractivity (Wildman–Crippen MR) is 153 cm³/mol. The van der Waals surface area contributed by atoms with Gasteiger partial charge in [-0.1, -0.05) is 25.3 Å². The normalized spacial score (nSPS) is 30.2. The zero-order valence-corrected chi connectivity index (χ0v) is 24.0. The van der Waals surface area contributed by atoms with Gasteiger partial charge in [0.2, 0.25) is 5.91 Å². The molecule has 1 saturated carbocycles. The summed E-state index contributed by atoms with van der Waals surface area (Å²) in [6, 6.07) is 5.17. The van der Waals surface area contributed by atoms with Crippen molar-refractivity contribution in [2.75, 3.05) is 26.2 Å². The Morgan fingerprint density at radius 3 is 2.73 bits per heavy atom. The zero-order chi connectivity index (χ0) is 28.3. The van der Waals surface area contributed by atoms with E-state index in [1.54, 1.807) is 10.9 Å². The Kier molecular flexibility index (Phi) is 8.60. The number of fused-ring (bicyclic) bond motifs is 5. The number of rotatable bonds is 3. The lowest BCUT2D eigenvalue weighted by Gasteiger charge is -2.35. The van der Waals surface area contributed by atoms with Crippen LogP contribution in [0, 0.1) is 5.92 Å². The largest absolute Gasteiger partial charge is 0.493 e. The van der Waals surface area contributed by atoms with Gasteiger partial charge in [-0.05, 0) is 55.7 Å². The van der Waals surface area contributed by atoms with E-state index in [1.165, 1.54) is 32.1 Å². The molecule has 10 heteroatoms. The number of amides is 2. The molecule has 10 nitrogen and oxygen atoms in total. The number of aromatic nitrogens is 2. The quantitative estimate of drug-likeness (QED) is 0.524. The van der Waals surface area contributed by atoms with Crippen molar-refractivity contribution in [3.05, 3.63) is 36.2 Å². The minimum absolute atomic E-state index is 0.0487. The number of carbonyl (C=O) groups excluding carboxylic acids is 2. The number of ether oxygens (including phenoxy) is 2. The van der Waals surface area contributed by atoms with E-state index in [9.17, 15) is 14.7 Å². The molecule has 5 atom stereocenters. The summed E-state index contributed by atoms with van der Waals surface area (Å²) >= 11 is 0. The van der Waals surface area contributed by atoms with Gasteiger partial charge in [-0.25, -0.2) is 0 Å². The van der Waals surface area contributed by atoms with Crippen molar-refractivity contribution >= 4 is 11.8 Å². The van der Waals surface area contributed by atoms with E-state index in [4.69, 9.17) is 9.47 Å². The molecule has 4 aliphatic rings. The fraction of sp³-hybridized carbons (Fsp3) is 0.645. The summed E-state index contributed by atoms with van der Waals surface area (Å²) in [6.45, 7) is 2.15. The van der Waals surface area contributed by atoms with E-state index in [0.717, 1.165) is 24.1 Å². The minimum Gasteiger partial charge on any atom is -0.493 e. The summed E-state index contributed by atoms with van der Waals surface area (Å²) in [7, 11) is 1.87. The van der Waals surface area contributed by atoms with E-state index >= 15 is 0 Å². The predicted octanol–water partition coefficient (Wildman–Crippen LogP) is 2.65. The highest BCUT2D eigenvalue weighted by molar-refractivity contribution is 5.98.